The van der Waals surface area contributed by atoms with Gasteiger partial charge in [-0.05, 0) is 61.6 Å². The van der Waals surface area contributed by atoms with Gasteiger partial charge >= 0.3 is 0 Å². The number of carbonyl (C=O) groups excluding carboxylic acids is 1. The van der Waals surface area contributed by atoms with E-state index in [9.17, 15) is 17.6 Å². The van der Waals surface area contributed by atoms with Gasteiger partial charge in [-0.2, -0.15) is 4.31 Å². The molecule has 0 radical (unpaired) electrons. The molecule has 1 N–H and O–H groups in total. The van der Waals surface area contributed by atoms with Gasteiger partial charge < -0.3 is 5.32 Å². The van der Waals surface area contributed by atoms with Gasteiger partial charge in [0.05, 0.1) is 4.90 Å². The second-order valence-electron chi connectivity index (χ2n) is 6.85. The van der Waals surface area contributed by atoms with Crippen LogP contribution in [0.25, 0.3) is 0 Å². The Bertz CT molecular complexity index is 967. The minimum Gasteiger partial charge on any atom is -0.348 e. The maximum Gasteiger partial charge on any atom is 0.251 e. The molecule has 2 aromatic carbocycles. The molecule has 1 saturated heterocycles. The molecule has 7 heteroatoms. The molecule has 1 heterocycles. The Morgan fingerprint density at radius 3 is 2.41 bits per heavy atom. The van der Waals surface area contributed by atoms with Gasteiger partial charge in [0.15, 0.2) is 0 Å². The molecule has 27 heavy (non-hydrogen) atoms. The Labute approximate surface area is 159 Å². The summed E-state index contributed by atoms with van der Waals surface area (Å²) in [6, 6.07) is 9.40. The van der Waals surface area contributed by atoms with Crippen LogP contribution < -0.4 is 5.32 Å². The minimum absolute atomic E-state index is 0.126. The van der Waals surface area contributed by atoms with Gasteiger partial charge in [0.1, 0.15) is 5.82 Å². The average Bonchev–Trinajstić information content (AvgIpc) is 3.18. The van der Waals surface area contributed by atoms with Crippen molar-refractivity contribution in [2.45, 2.75) is 38.1 Å². The van der Waals surface area contributed by atoms with Gasteiger partial charge in [-0.1, -0.05) is 18.2 Å². The lowest BCUT2D eigenvalue weighted by molar-refractivity contribution is 0.0950. The van der Waals surface area contributed by atoms with Crippen molar-refractivity contribution in [1.29, 1.82) is 0 Å². The summed E-state index contributed by atoms with van der Waals surface area (Å²) < 4.78 is 40.5. The fourth-order valence-electron chi connectivity index (χ4n) is 3.11. The van der Waals surface area contributed by atoms with E-state index >= 15 is 0 Å². The fraction of sp³-hybridized carbons (Fsp3) is 0.350. The number of hydrogen-bond acceptors (Lipinski definition) is 3. The third-order valence-corrected chi connectivity index (χ3v) is 6.74. The smallest absolute Gasteiger partial charge is 0.251 e. The number of amides is 1. The van der Waals surface area contributed by atoms with E-state index in [0.29, 0.717) is 35.3 Å². The van der Waals surface area contributed by atoms with Crippen LogP contribution in [0.2, 0.25) is 0 Å². The average molecular weight is 390 g/mol. The maximum atomic E-state index is 13.6. The maximum absolute atomic E-state index is 13.6. The van der Waals surface area contributed by atoms with E-state index in [1.807, 2.05) is 0 Å². The molecule has 0 saturated carbocycles. The number of nitrogens with one attached hydrogen (secondary N) is 1. The van der Waals surface area contributed by atoms with E-state index in [1.165, 1.54) is 22.5 Å². The van der Waals surface area contributed by atoms with Gasteiger partial charge in [0.25, 0.3) is 5.91 Å². The van der Waals surface area contributed by atoms with Crippen LogP contribution in [0.5, 0.6) is 0 Å². The summed E-state index contributed by atoms with van der Waals surface area (Å²) in [5.74, 6) is -0.705. The molecule has 0 atom stereocenters. The van der Waals surface area contributed by atoms with Gasteiger partial charge in [-0.15, -0.1) is 0 Å². The van der Waals surface area contributed by atoms with E-state index in [4.69, 9.17) is 0 Å². The highest BCUT2D eigenvalue weighted by Crippen LogP contribution is 2.23. The van der Waals surface area contributed by atoms with Crippen molar-refractivity contribution in [2.75, 3.05) is 13.1 Å². The summed E-state index contributed by atoms with van der Waals surface area (Å²) >= 11 is 0. The molecule has 2 aromatic rings. The molecule has 1 aliphatic heterocycles. The van der Waals surface area contributed by atoms with Crippen molar-refractivity contribution < 1.29 is 17.6 Å². The Kier molecular flexibility index (Phi) is 5.62. The Hall–Kier alpha value is -2.25. The Morgan fingerprint density at radius 1 is 1.07 bits per heavy atom. The number of nitrogens with zero attached hydrogens (tertiary/aromatic N) is 1. The van der Waals surface area contributed by atoms with Crippen LogP contribution in [0, 0.1) is 19.7 Å². The second kappa shape index (κ2) is 7.78. The van der Waals surface area contributed by atoms with Crippen molar-refractivity contribution in [3.63, 3.8) is 0 Å². The Morgan fingerprint density at radius 2 is 1.74 bits per heavy atom. The van der Waals surface area contributed by atoms with Crippen LogP contribution in [-0.4, -0.2) is 31.7 Å². The first-order valence-electron chi connectivity index (χ1n) is 8.93. The molecule has 3 rings (SSSR count). The lowest BCUT2D eigenvalue weighted by Gasteiger charge is -2.17. The number of sulfonamides is 1. The molecule has 144 valence electrons. The monoisotopic (exact) mass is 390 g/mol. The molecule has 1 fully saturated rings. The van der Waals surface area contributed by atoms with Crippen LogP contribution in [-0.2, 0) is 16.6 Å². The van der Waals surface area contributed by atoms with Crippen molar-refractivity contribution in [3.8, 4) is 0 Å². The quantitative estimate of drug-likeness (QED) is 0.853. The largest absolute Gasteiger partial charge is 0.348 e. The highest BCUT2D eigenvalue weighted by atomic mass is 32.2. The van der Waals surface area contributed by atoms with Crippen molar-refractivity contribution in [1.82, 2.24) is 9.62 Å². The fourth-order valence-corrected chi connectivity index (χ4v) is 4.65. The Balaban J connectivity index is 1.79. The zero-order chi connectivity index (χ0) is 19.6. The van der Waals surface area contributed by atoms with Gasteiger partial charge in [0.2, 0.25) is 10.0 Å². The molecular weight excluding hydrogens is 367 g/mol. The number of carbonyl (C=O) groups is 1. The van der Waals surface area contributed by atoms with Crippen molar-refractivity contribution >= 4 is 15.9 Å². The first-order valence-corrected chi connectivity index (χ1v) is 10.4. The summed E-state index contributed by atoms with van der Waals surface area (Å²) in [7, 11) is -3.59. The van der Waals surface area contributed by atoms with Crippen LogP contribution >= 0.6 is 0 Å². The lowest BCUT2D eigenvalue weighted by atomic mass is 10.1. The summed E-state index contributed by atoms with van der Waals surface area (Å²) in [6.07, 6.45) is 1.71. The third kappa shape index (κ3) is 4.20. The molecule has 5 nitrogen and oxygen atoms in total. The number of benzene rings is 2. The second-order valence-corrected chi connectivity index (χ2v) is 8.79. The molecular formula is C20H23FN2O3S. The third-order valence-electron chi connectivity index (χ3n) is 4.85. The van der Waals surface area contributed by atoms with E-state index in [2.05, 4.69) is 5.32 Å². The molecule has 0 aliphatic carbocycles. The highest BCUT2D eigenvalue weighted by molar-refractivity contribution is 7.89. The summed E-state index contributed by atoms with van der Waals surface area (Å²) in [5, 5.41) is 2.74. The van der Waals surface area contributed by atoms with Crippen LogP contribution in [0.4, 0.5) is 4.39 Å². The number of aryl methyl sites for hydroxylation is 2. The molecule has 1 amide bonds. The highest BCUT2D eigenvalue weighted by Gasteiger charge is 2.28. The van der Waals surface area contributed by atoms with Crippen LogP contribution in [0.15, 0.2) is 41.3 Å². The first-order chi connectivity index (χ1) is 12.8. The topological polar surface area (TPSA) is 66.5 Å². The van der Waals surface area contributed by atoms with E-state index in [1.54, 1.807) is 32.0 Å². The van der Waals surface area contributed by atoms with Crippen LogP contribution in [0.1, 0.15) is 39.9 Å². The molecule has 0 aromatic heterocycles. The predicted octanol–water partition coefficient (Wildman–Crippen LogP) is 3.16. The predicted molar refractivity (Wildman–Crippen MR) is 101 cm³/mol. The molecule has 0 unspecified atom stereocenters. The zero-order valence-corrected chi connectivity index (χ0v) is 16.3. The molecule has 1 aliphatic rings. The van der Waals surface area contributed by atoms with Crippen molar-refractivity contribution in [2.24, 2.45) is 0 Å². The van der Waals surface area contributed by atoms with E-state index < -0.39 is 10.0 Å². The normalized spacial score (nSPS) is 15.1. The van der Waals surface area contributed by atoms with E-state index in [-0.39, 0.29) is 23.2 Å². The van der Waals surface area contributed by atoms with E-state index in [0.717, 1.165) is 12.8 Å². The van der Waals surface area contributed by atoms with Gasteiger partial charge in [-0.25, -0.2) is 12.8 Å². The summed E-state index contributed by atoms with van der Waals surface area (Å²) in [4.78, 5) is 12.7. The number of hydrogen-bond donors (Lipinski definition) is 1. The minimum atomic E-state index is -3.59. The van der Waals surface area contributed by atoms with Crippen molar-refractivity contribution in [3.05, 3.63) is 64.5 Å². The molecule has 0 spiro atoms. The van der Waals surface area contributed by atoms with Gasteiger partial charge in [-0.3, -0.25) is 4.79 Å². The summed E-state index contributed by atoms with van der Waals surface area (Å²) in [5.41, 5.74) is 2.18. The number of halogens is 1. The first kappa shape index (κ1) is 19.5. The SMILES string of the molecule is Cc1ccc(CNC(=O)c2cc(S(=O)(=O)N3CCCC3)ccc2C)cc1F. The van der Waals surface area contributed by atoms with Crippen LogP contribution in [0.3, 0.4) is 0 Å². The summed E-state index contributed by atoms with van der Waals surface area (Å²) in [6.45, 7) is 4.62. The number of rotatable bonds is 5. The molecule has 0 bridgehead atoms. The zero-order valence-electron chi connectivity index (χ0n) is 15.5. The lowest BCUT2D eigenvalue weighted by Crippen LogP contribution is -2.29. The standard InChI is InChI=1S/C20H23FN2O3S/c1-14-6-8-17(27(25,26)23-9-3-4-10-23)12-18(14)20(24)22-13-16-7-5-15(2)19(21)11-16/h5-8,11-12H,3-4,9-10,13H2,1-2H3,(H,22,24). The van der Waals surface area contributed by atoms with Gasteiger partial charge in [0, 0.05) is 25.2 Å².